The van der Waals surface area contributed by atoms with Gasteiger partial charge in [0.1, 0.15) is 5.82 Å². The maximum atomic E-state index is 9.26. The van der Waals surface area contributed by atoms with Crippen LogP contribution in [0.2, 0.25) is 0 Å². The lowest BCUT2D eigenvalue weighted by Crippen LogP contribution is -2.41. The molecule has 1 aliphatic rings. The van der Waals surface area contributed by atoms with E-state index in [-0.39, 0.29) is 12.0 Å². The van der Waals surface area contributed by atoms with Crippen molar-refractivity contribution < 1.29 is 28.8 Å². The van der Waals surface area contributed by atoms with Crippen LogP contribution in [0, 0.1) is 0 Å². The molecule has 8 heteroatoms. The SMILES string of the molecule is COCCOCCOCCOCCOCC1(c2nccc(CO)n2)CCC1. The zero-order chi connectivity index (χ0) is 19.2. The number of methoxy groups -OCH3 is 1. The number of ether oxygens (including phenoxy) is 5. The summed E-state index contributed by atoms with van der Waals surface area (Å²) in [5, 5.41) is 9.26. The summed E-state index contributed by atoms with van der Waals surface area (Å²) in [6.45, 7) is 4.96. The Bertz CT molecular complexity index is 513. The predicted molar refractivity (Wildman–Crippen MR) is 98.6 cm³/mol. The van der Waals surface area contributed by atoms with E-state index in [2.05, 4.69) is 9.97 Å². The van der Waals surface area contributed by atoms with Gasteiger partial charge in [0.25, 0.3) is 0 Å². The van der Waals surface area contributed by atoms with Crippen LogP contribution in [0.4, 0.5) is 0 Å². The van der Waals surface area contributed by atoms with E-state index in [4.69, 9.17) is 23.7 Å². The summed E-state index contributed by atoms with van der Waals surface area (Å²) in [6.07, 6.45) is 4.89. The van der Waals surface area contributed by atoms with Crippen molar-refractivity contribution in [3.8, 4) is 0 Å². The molecular formula is C19H32N2O6. The highest BCUT2D eigenvalue weighted by Crippen LogP contribution is 2.42. The molecule has 0 spiro atoms. The molecule has 1 fully saturated rings. The van der Waals surface area contributed by atoms with Crippen LogP contribution < -0.4 is 0 Å². The molecule has 0 aromatic carbocycles. The lowest BCUT2D eigenvalue weighted by Gasteiger charge is -2.40. The molecule has 8 nitrogen and oxygen atoms in total. The number of hydrogen-bond acceptors (Lipinski definition) is 8. The van der Waals surface area contributed by atoms with E-state index in [1.165, 1.54) is 0 Å². The van der Waals surface area contributed by atoms with Gasteiger partial charge in [-0.1, -0.05) is 6.42 Å². The van der Waals surface area contributed by atoms with E-state index in [0.29, 0.717) is 65.2 Å². The van der Waals surface area contributed by atoms with Gasteiger partial charge in [-0.25, -0.2) is 9.97 Å². The summed E-state index contributed by atoms with van der Waals surface area (Å²) in [5.74, 6) is 0.780. The van der Waals surface area contributed by atoms with E-state index >= 15 is 0 Å². The molecule has 1 aromatic heterocycles. The molecule has 2 rings (SSSR count). The van der Waals surface area contributed by atoms with Gasteiger partial charge in [0.05, 0.1) is 77.2 Å². The molecule has 27 heavy (non-hydrogen) atoms. The Hall–Kier alpha value is -1.16. The fraction of sp³-hybridized carbons (Fsp3) is 0.789. The lowest BCUT2D eigenvalue weighted by molar-refractivity contribution is -0.0199. The number of rotatable bonds is 16. The first-order valence-corrected chi connectivity index (χ1v) is 9.54. The van der Waals surface area contributed by atoms with Crippen LogP contribution >= 0.6 is 0 Å². The molecule has 1 N–H and O–H groups in total. The Labute approximate surface area is 161 Å². The number of aromatic nitrogens is 2. The lowest BCUT2D eigenvalue weighted by atomic mass is 9.68. The Morgan fingerprint density at radius 3 is 2.04 bits per heavy atom. The molecule has 0 amide bonds. The van der Waals surface area contributed by atoms with Crippen LogP contribution in [0.1, 0.15) is 30.8 Å². The van der Waals surface area contributed by atoms with Gasteiger partial charge in [0.2, 0.25) is 0 Å². The van der Waals surface area contributed by atoms with Gasteiger partial charge >= 0.3 is 0 Å². The average molecular weight is 384 g/mol. The summed E-state index contributed by atoms with van der Waals surface area (Å²) >= 11 is 0. The number of hydrogen-bond donors (Lipinski definition) is 1. The zero-order valence-electron chi connectivity index (χ0n) is 16.2. The normalized spacial score (nSPS) is 15.6. The Morgan fingerprint density at radius 1 is 0.926 bits per heavy atom. The molecule has 0 unspecified atom stereocenters. The van der Waals surface area contributed by atoms with Crippen LogP contribution in [0.3, 0.4) is 0 Å². The van der Waals surface area contributed by atoms with Crippen molar-refractivity contribution in [3.05, 3.63) is 23.8 Å². The van der Waals surface area contributed by atoms with Crippen molar-refractivity contribution >= 4 is 0 Å². The predicted octanol–water partition coefficient (Wildman–Crippen LogP) is 1.10. The van der Waals surface area contributed by atoms with Gasteiger partial charge < -0.3 is 28.8 Å². The van der Waals surface area contributed by atoms with Gasteiger partial charge in [0, 0.05) is 13.3 Å². The van der Waals surface area contributed by atoms with E-state index in [1.807, 2.05) is 0 Å². The molecule has 1 heterocycles. The van der Waals surface area contributed by atoms with Crippen molar-refractivity contribution in [3.63, 3.8) is 0 Å². The van der Waals surface area contributed by atoms with Crippen molar-refractivity contribution in [2.24, 2.45) is 0 Å². The Kier molecular flexibility index (Phi) is 10.7. The van der Waals surface area contributed by atoms with Gasteiger partial charge in [-0.2, -0.15) is 0 Å². The molecule has 1 aromatic rings. The molecule has 0 saturated heterocycles. The fourth-order valence-electron chi connectivity index (χ4n) is 2.85. The first kappa shape index (κ1) is 22.1. The van der Waals surface area contributed by atoms with Crippen molar-refractivity contribution in [2.45, 2.75) is 31.3 Å². The van der Waals surface area contributed by atoms with Crippen LogP contribution in [-0.2, 0) is 35.7 Å². The van der Waals surface area contributed by atoms with Crippen LogP contribution in [0.25, 0.3) is 0 Å². The largest absolute Gasteiger partial charge is 0.390 e. The summed E-state index contributed by atoms with van der Waals surface area (Å²) in [5.41, 5.74) is 0.538. The molecule has 1 aliphatic carbocycles. The molecular weight excluding hydrogens is 352 g/mol. The fourth-order valence-corrected chi connectivity index (χ4v) is 2.85. The molecule has 1 saturated carbocycles. The van der Waals surface area contributed by atoms with Crippen molar-refractivity contribution in [1.82, 2.24) is 9.97 Å². The molecule has 0 bridgehead atoms. The molecule has 0 radical (unpaired) electrons. The first-order valence-electron chi connectivity index (χ1n) is 9.54. The second kappa shape index (κ2) is 13.1. The number of nitrogens with zero attached hydrogens (tertiary/aromatic N) is 2. The number of aliphatic hydroxyl groups excluding tert-OH is 1. The summed E-state index contributed by atoms with van der Waals surface area (Å²) in [4.78, 5) is 8.85. The minimum atomic E-state index is -0.114. The summed E-state index contributed by atoms with van der Waals surface area (Å²) < 4.78 is 26.9. The summed E-state index contributed by atoms with van der Waals surface area (Å²) in [7, 11) is 1.65. The van der Waals surface area contributed by atoms with Crippen molar-refractivity contribution in [1.29, 1.82) is 0 Å². The Morgan fingerprint density at radius 2 is 1.52 bits per heavy atom. The van der Waals surface area contributed by atoms with Crippen molar-refractivity contribution in [2.75, 3.05) is 66.6 Å². The highest BCUT2D eigenvalue weighted by molar-refractivity contribution is 5.15. The van der Waals surface area contributed by atoms with Gasteiger partial charge in [-0.05, 0) is 18.9 Å². The minimum absolute atomic E-state index is 0.0678. The number of aliphatic hydroxyl groups is 1. The maximum absolute atomic E-state index is 9.26. The van der Waals surface area contributed by atoms with Gasteiger partial charge in [-0.15, -0.1) is 0 Å². The second-order valence-electron chi connectivity index (χ2n) is 6.55. The third-order valence-electron chi connectivity index (χ3n) is 4.59. The monoisotopic (exact) mass is 384 g/mol. The third kappa shape index (κ3) is 7.77. The molecule has 0 atom stereocenters. The quantitative estimate of drug-likeness (QED) is 0.424. The van der Waals surface area contributed by atoms with E-state index in [9.17, 15) is 5.11 Å². The van der Waals surface area contributed by atoms with Crippen LogP contribution in [0.5, 0.6) is 0 Å². The standard InChI is InChI=1S/C19H32N2O6/c1-23-7-8-24-9-10-25-11-12-26-13-14-27-16-19(4-2-5-19)18-20-6-3-17(15-22)21-18/h3,6,22H,2,4-5,7-16H2,1H3. The average Bonchev–Trinajstić information content (AvgIpc) is 2.67. The summed E-state index contributed by atoms with van der Waals surface area (Å²) in [6, 6.07) is 1.73. The topological polar surface area (TPSA) is 92.2 Å². The smallest absolute Gasteiger partial charge is 0.137 e. The minimum Gasteiger partial charge on any atom is -0.390 e. The first-order chi connectivity index (χ1) is 13.3. The highest BCUT2D eigenvalue weighted by Gasteiger charge is 2.41. The Balaban J connectivity index is 1.50. The van der Waals surface area contributed by atoms with E-state index < -0.39 is 0 Å². The van der Waals surface area contributed by atoms with Gasteiger partial charge in [0.15, 0.2) is 0 Å². The third-order valence-corrected chi connectivity index (χ3v) is 4.59. The van der Waals surface area contributed by atoms with E-state index in [0.717, 1.165) is 25.1 Å². The highest BCUT2D eigenvalue weighted by atomic mass is 16.6. The molecule has 0 aliphatic heterocycles. The van der Waals surface area contributed by atoms with E-state index in [1.54, 1.807) is 19.4 Å². The molecule has 154 valence electrons. The zero-order valence-corrected chi connectivity index (χ0v) is 16.2. The second-order valence-corrected chi connectivity index (χ2v) is 6.55. The van der Waals surface area contributed by atoms with Crippen LogP contribution in [0.15, 0.2) is 12.3 Å². The van der Waals surface area contributed by atoms with Gasteiger partial charge in [-0.3, -0.25) is 0 Å². The van der Waals surface area contributed by atoms with Crippen LogP contribution in [-0.4, -0.2) is 81.6 Å². The maximum Gasteiger partial charge on any atom is 0.137 e.